The van der Waals surface area contributed by atoms with Crippen LogP contribution in [0.4, 0.5) is 5.00 Å². The van der Waals surface area contributed by atoms with Crippen LogP contribution in [0, 0.1) is 10.1 Å². The van der Waals surface area contributed by atoms with Gasteiger partial charge in [0.2, 0.25) is 0 Å². The van der Waals surface area contributed by atoms with Crippen molar-refractivity contribution in [3.05, 3.63) is 27.1 Å². The van der Waals surface area contributed by atoms with Crippen LogP contribution in [0.3, 0.4) is 0 Å². The van der Waals surface area contributed by atoms with Crippen LogP contribution in [0.15, 0.2) is 12.1 Å². The molecule has 6 heteroatoms. The summed E-state index contributed by atoms with van der Waals surface area (Å²) in [6.45, 7) is 3.44. The van der Waals surface area contributed by atoms with Crippen LogP contribution < -0.4 is 0 Å². The molecule has 1 rings (SSSR count). The summed E-state index contributed by atoms with van der Waals surface area (Å²) in [5, 5.41) is 10.3. The van der Waals surface area contributed by atoms with E-state index in [1.807, 2.05) is 0 Å². The van der Waals surface area contributed by atoms with E-state index in [2.05, 4.69) is 0 Å². The quantitative estimate of drug-likeness (QED) is 0.440. The number of nitro groups is 1. The van der Waals surface area contributed by atoms with Gasteiger partial charge in [-0.3, -0.25) is 10.1 Å². The fourth-order valence-electron chi connectivity index (χ4n) is 0.808. The van der Waals surface area contributed by atoms with Gasteiger partial charge in [0, 0.05) is 6.07 Å². The number of carbonyl (C=O) groups is 1. The topological polar surface area (TPSA) is 69.4 Å². The first-order valence-electron chi connectivity index (χ1n) is 3.96. The Morgan fingerprint density at radius 2 is 2.21 bits per heavy atom. The zero-order chi connectivity index (χ0) is 10.7. The minimum absolute atomic E-state index is 0.0549. The lowest BCUT2D eigenvalue weighted by molar-refractivity contribution is -0.380. The van der Waals surface area contributed by atoms with Gasteiger partial charge in [0.15, 0.2) is 0 Å². The second-order valence-electron chi connectivity index (χ2n) is 2.85. The fraction of sp³-hybridized carbons (Fsp3) is 0.375. The zero-order valence-corrected chi connectivity index (χ0v) is 8.54. The highest BCUT2D eigenvalue weighted by Crippen LogP contribution is 2.24. The summed E-state index contributed by atoms with van der Waals surface area (Å²) in [6, 6.07) is 2.69. The summed E-state index contributed by atoms with van der Waals surface area (Å²) in [5.41, 5.74) is 0. The van der Waals surface area contributed by atoms with Crippen molar-refractivity contribution < 1.29 is 14.5 Å². The van der Waals surface area contributed by atoms with E-state index in [1.165, 1.54) is 12.1 Å². The maximum absolute atomic E-state index is 11.3. The predicted octanol–water partition coefficient (Wildman–Crippen LogP) is 2.22. The third kappa shape index (κ3) is 2.53. The lowest BCUT2D eigenvalue weighted by Crippen LogP contribution is -2.09. The molecule has 0 amide bonds. The molecule has 0 atom stereocenters. The normalized spacial score (nSPS) is 10.2. The SMILES string of the molecule is CC(C)OC(=O)c1ccc([N+](=O)[O-])s1. The second-order valence-corrected chi connectivity index (χ2v) is 3.91. The summed E-state index contributed by atoms with van der Waals surface area (Å²) in [4.78, 5) is 21.3. The Balaban J connectivity index is 2.76. The van der Waals surface area contributed by atoms with Crippen molar-refractivity contribution in [3.8, 4) is 0 Å². The van der Waals surface area contributed by atoms with Crippen LogP contribution in [-0.4, -0.2) is 17.0 Å². The van der Waals surface area contributed by atoms with Gasteiger partial charge >= 0.3 is 11.0 Å². The minimum Gasteiger partial charge on any atom is -0.459 e. The van der Waals surface area contributed by atoms with Gasteiger partial charge in [-0.15, -0.1) is 0 Å². The fourth-order valence-corrected chi connectivity index (χ4v) is 1.51. The van der Waals surface area contributed by atoms with Crippen molar-refractivity contribution in [1.82, 2.24) is 0 Å². The van der Waals surface area contributed by atoms with Crippen molar-refractivity contribution in [2.24, 2.45) is 0 Å². The van der Waals surface area contributed by atoms with Crippen molar-refractivity contribution in [2.75, 3.05) is 0 Å². The molecular formula is C8H9NO4S. The molecule has 1 aromatic rings. The van der Waals surface area contributed by atoms with Crippen molar-refractivity contribution in [2.45, 2.75) is 20.0 Å². The Bertz CT molecular complexity index is 358. The Labute approximate surface area is 84.5 Å². The number of ether oxygens (including phenoxy) is 1. The first kappa shape index (κ1) is 10.6. The number of thiophene rings is 1. The lowest BCUT2D eigenvalue weighted by Gasteiger charge is -2.04. The molecule has 0 N–H and O–H groups in total. The molecule has 0 aromatic carbocycles. The minimum atomic E-state index is -0.531. The van der Waals surface area contributed by atoms with Crippen LogP contribution in [-0.2, 0) is 4.74 Å². The third-order valence-electron chi connectivity index (χ3n) is 1.32. The molecule has 1 aromatic heterocycles. The molecule has 0 unspecified atom stereocenters. The van der Waals surface area contributed by atoms with Gasteiger partial charge < -0.3 is 4.74 Å². The predicted molar refractivity (Wildman–Crippen MR) is 51.5 cm³/mol. The van der Waals surface area contributed by atoms with E-state index in [1.54, 1.807) is 13.8 Å². The van der Waals surface area contributed by atoms with Crippen molar-refractivity contribution in [1.29, 1.82) is 0 Å². The Kier molecular flexibility index (Phi) is 3.19. The van der Waals surface area contributed by atoms with Gasteiger partial charge in [0.05, 0.1) is 11.0 Å². The van der Waals surface area contributed by atoms with E-state index in [-0.39, 0.29) is 16.0 Å². The first-order chi connectivity index (χ1) is 6.50. The molecular weight excluding hydrogens is 206 g/mol. The summed E-state index contributed by atoms with van der Waals surface area (Å²) < 4.78 is 4.88. The van der Waals surface area contributed by atoms with Crippen LogP contribution >= 0.6 is 11.3 Å². The smallest absolute Gasteiger partial charge is 0.348 e. The standard InChI is InChI=1S/C8H9NO4S/c1-5(2)13-8(10)6-3-4-7(14-6)9(11)12/h3-5H,1-2H3. The highest BCUT2D eigenvalue weighted by molar-refractivity contribution is 7.17. The van der Waals surface area contributed by atoms with E-state index in [0.717, 1.165) is 11.3 Å². The summed E-state index contributed by atoms with van der Waals surface area (Å²) in [5.74, 6) is -0.516. The van der Waals surface area contributed by atoms with Crippen LogP contribution in [0.25, 0.3) is 0 Å². The highest BCUT2D eigenvalue weighted by Gasteiger charge is 2.16. The van der Waals surface area contributed by atoms with E-state index in [9.17, 15) is 14.9 Å². The van der Waals surface area contributed by atoms with E-state index >= 15 is 0 Å². The molecule has 76 valence electrons. The van der Waals surface area contributed by atoms with Crippen LogP contribution in [0.2, 0.25) is 0 Å². The van der Waals surface area contributed by atoms with E-state index < -0.39 is 10.9 Å². The number of hydrogen-bond donors (Lipinski definition) is 0. The molecule has 5 nitrogen and oxygen atoms in total. The largest absolute Gasteiger partial charge is 0.459 e. The number of nitrogens with zero attached hydrogens (tertiary/aromatic N) is 1. The van der Waals surface area contributed by atoms with Gasteiger partial charge in [-0.25, -0.2) is 4.79 Å². The van der Waals surface area contributed by atoms with Crippen molar-refractivity contribution >= 4 is 22.3 Å². The Hall–Kier alpha value is -1.43. The van der Waals surface area contributed by atoms with Gasteiger partial charge in [-0.05, 0) is 19.9 Å². The molecule has 0 bridgehead atoms. The third-order valence-corrected chi connectivity index (χ3v) is 2.33. The maximum atomic E-state index is 11.3. The Morgan fingerprint density at radius 3 is 2.64 bits per heavy atom. The Morgan fingerprint density at radius 1 is 1.57 bits per heavy atom. The monoisotopic (exact) mass is 215 g/mol. The summed E-state index contributed by atoms with van der Waals surface area (Å²) in [7, 11) is 0. The van der Waals surface area contributed by atoms with Gasteiger partial charge in [0.1, 0.15) is 4.88 Å². The highest BCUT2D eigenvalue weighted by atomic mass is 32.1. The number of hydrogen-bond acceptors (Lipinski definition) is 5. The number of esters is 1. The molecule has 0 saturated carbocycles. The molecule has 0 aliphatic heterocycles. The number of rotatable bonds is 3. The average Bonchev–Trinajstić information content (AvgIpc) is 2.50. The molecule has 0 radical (unpaired) electrons. The van der Waals surface area contributed by atoms with E-state index in [4.69, 9.17) is 4.74 Å². The molecule has 0 spiro atoms. The van der Waals surface area contributed by atoms with Crippen LogP contribution in [0.1, 0.15) is 23.5 Å². The molecule has 0 saturated heterocycles. The summed E-state index contributed by atoms with van der Waals surface area (Å²) >= 11 is 0.817. The van der Waals surface area contributed by atoms with Gasteiger partial charge in [0.25, 0.3) is 0 Å². The molecule has 1 heterocycles. The molecule has 0 aliphatic carbocycles. The van der Waals surface area contributed by atoms with Gasteiger partial charge in [-0.1, -0.05) is 11.3 Å². The first-order valence-corrected chi connectivity index (χ1v) is 4.77. The molecule has 0 aliphatic rings. The van der Waals surface area contributed by atoms with Gasteiger partial charge in [-0.2, -0.15) is 0 Å². The van der Waals surface area contributed by atoms with Crippen molar-refractivity contribution in [3.63, 3.8) is 0 Å². The lowest BCUT2D eigenvalue weighted by atomic mass is 10.4. The average molecular weight is 215 g/mol. The molecule has 0 fully saturated rings. The second kappa shape index (κ2) is 4.19. The summed E-state index contributed by atoms with van der Waals surface area (Å²) in [6.07, 6.45) is -0.219. The maximum Gasteiger partial charge on any atom is 0.348 e. The van der Waals surface area contributed by atoms with Crippen LogP contribution in [0.5, 0.6) is 0 Å². The molecule has 14 heavy (non-hydrogen) atoms. The number of carbonyl (C=O) groups excluding carboxylic acids is 1. The zero-order valence-electron chi connectivity index (χ0n) is 7.72. The van der Waals surface area contributed by atoms with E-state index in [0.29, 0.717) is 0 Å².